The number of rotatable bonds is 5. The van der Waals surface area contributed by atoms with Gasteiger partial charge >= 0.3 is 6.03 Å². The van der Waals surface area contributed by atoms with E-state index in [1.54, 1.807) is 0 Å². The van der Waals surface area contributed by atoms with Crippen molar-refractivity contribution in [2.24, 2.45) is 0 Å². The Hall–Kier alpha value is -1.59. The van der Waals surface area contributed by atoms with Gasteiger partial charge in [-0.3, -0.25) is 0 Å². The quantitative estimate of drug-likeness (QED) is 0.774. The summed E-state index contributed by atoms with van der Waals surface area (Å²) in [4.78, 5) is 12.0. The summed E-state index contributed by atoms with van der Waals surface area (Å²) in [5.74, 6) is 0. The Kier molecular flexibility index (Phi) is 6.02. The molecule has 3 N–H and O–H groups in total. The van der Waals surface area contributed by atoms with Gasteiger partial charge in [-0.15, -0.1) is 0 Å². The molecule has 2 amide bonds. The van der Waals surface area contributed by atoms with E-state index in [0.29, 0.717) is 6.61 Å². The van der Waals surface area contributed by atoms with E-state index in [9.17, 15) is 9.90 Å². The summed E-state index contributed by atoms with van der Waals surface area (Å²) in [5, 5.41) is 15.2. The minimum atomic E-state index is -0.389. The van der Waals surface area contributed by atoms with Crippen LogP contribution < -0.4 is 10.6 Å². The van der Waals surface area contributed by atoms with Crippen LogP contribution in [0.4, 0.5) is 4.79 Å². The lowest BCUT2D eigenvalue weighted by Gasteiger charge is -2.25. The van der Waals surface area contributed by atoms with Crippen LogP contribution in [0.1, 0.15) is 36.9 Å². The summed E-state index contributed by atoms with van der Waals surface area (Å²) >= 11 is 0. The van der Waals surface area contributed by atoms with Crippen molar-refractivity contribution in [1.29, 1.82) is 0 Å². The van der Waals surface area contributed by atoms with E-state index >= 15 is 0 Å². The van der Waals surface area contributed by atoms with Crippen molar-refractivity contribution in [3.8, 4) is 0 Å². The van der Waals surface area contributed by atoms with Gasteiger partial charge in [0.05, 0.1) is 25.3 Å². The molecule has 2 rings (SSSR count). The van der Waals surface area contributed by atoms with Gasteiger partial charge in [-0.1, -0.05) is 31.2 Å². The largest absolute Gasteiger partial charge is 0.394 e. The van der Waals surface area contributed by atoms with Crippen molar-refractivity contribution in [1.82, 2.24) is 10.6 Å². The Labute approximate surface area is 125 Å². The molecule has 1 aromatic rings. The van der Waals surface area contributed by atoms with Crippen molar-refractivity contribution >= 4 is 6.03 Å². The van der Waals surface area contributed by atoms with E-state index in [1.165, 1.54) is 5.56 Å². The molecule has 0 radical (unpaired) electrons. The van der Waals surface area contributed by atoms with Gasteiger partial charge in [-0.2, -0.15) is 0 Å². The molecule has 1 heterocycles. The number of aliphatic hydroxyl groups is 1. The van der Waals surface area contributed by atoms with Crippen LogP contribution in [0.15, 0.2) is 24.3 Å². The first-order chi connectivity index (χ1) is 10.2. The fourth-order valence-electron chi connectivity index (χ4n) is 2.46. The van der Waals surface area contributed by atoms with Crippen molar-refractivity contribution in [2.45, 2.75) is 38.3 Å². The van der Waals surface area contributed by atoms with Crippen LogP contribution in [-0.2, 0) is 11.2 Å². The number of hydrogen-bond donors (Lipinski definition) is 3. The van der Waals surface area contributed by atoms with E-state index in [1.807, 2.05) is 24.3 Å². The lowest BCUT2D eigenvalue weighted by Crippen LogP contribution is -2.47. The molecule has 21 heavy (non-hydrogen) atoms. The Bertz CT molecular complexity index is 441. The molecule has 2 atom stereocenters. The molecule has 5 heteroatoms. The van der Waals surface area contributed by atoms with E-state index in [0.717, 1.165) is 31.4 Å². The van der Waals surface area contributed by atoms with Gasteiger partial charge in [-0.05, 0) is 30.4 Å². The number of carbonyl (C=O) groups is 1. The Balaban J connectivity index is 1.89. The monoisotopic (exact) mass is 292 g/mol. The van der Waals surface area contributed by atoms with E-state index in [2.05, 4.69) is 17.6 Å². The normalized spacial score (nSPS) is 19.8. The molecule has 2 unspecified atom stereocenters. The predicted molar refractivity (Wildman–Crippen MR) is 81.2 cm³/mol. The van der Waals surface area contributed by atoms with Gasteiger partial charge in [0.25, 0.3) is 0 Å². The van der Waals surface area contributed by atoms with Crippen molar-refractivity contribution < 1.29 is 14.6 Å². The number of amides is 2. The molecule has 1 aliphatic heterocycles. The first-order valence-electron chi connectivity index (χ1n) is 7.57. The Morgan fingerprint density at radius 2 is 2.19 bits per heavy atom. The minimum absolute atomic E-state index is 0.0561. The summed E-state index contributed by atoms with van der Waals surface area (Å²) in [5.41, 5.74) is 2.14. The second-order valence-electron chi connectivity index (χ2n) is 5.36. The molecule has 1 aliphatic rings. The third-order valence-electron chi connectivity index (χ3n) is 3.77. The van der Waals surface area contributed by atoms with Gasteiger partial charge in [0.1, 0.15) is 0 Å². The molecule has 0 bridgehead atoms. The summed E-state index contributed by atoms with van der Waals surface area (Å²) in [6, 6.07) is 7.34. The van der Waals surface area contributed by atoms with Gasteiger partial charge in [0.15, 0.2) is 0 Å². The molecule has 1 saturated heterocycles. The van der Waals surface area contributed by atoms with E-state index in [-0.39, 0.29) is 24.7 Å². The SMILES string of the molecule is CCc1ccc(C(CO)NC(=O)NC2CCCOC2)cc1. The fourth-order valence-corrected chi connectivity index (χ4v) is 2.46. The van der Waals surface area contributed by atoms with E-state index in [4.69, 9.17) is 4.74 Å². The van der Waals surface area contributed by atoms with Crippen molar-refractivity contribution in [3.05, 3.63) is 35.4 Å². The molecular weight excluding hydrogens is 268 g/mol. The number of aryl methyl sites for hydroxylation is 1. The summed E-state index contributed by atoms with van der Waals surface area (Å²) in [6.45, 7) is 3.29. The van der Waals surface area contributed by atoms with Gasteiger partial charge in [0, 0.05) is 6.61 Å². The summed E-state index contributed by atoms with van der Waals surface area (Å²) in [6.07, 6.45) is 2.87. The second-order valence-corrected chi connectivity index (χ2v) is 5.36. The van der Waals surface area contributed by atoms with Crippen LogP contribution >= 0.6 is 0 Å². The van der Waals surface area contributed by atoms with E-state index < -0.39 is 0 Å². The number of urea groups is 1. The molecule has 1 aromatic carbocycles. The van der Waals surface area contributed by atoms with Crippen LogP contribution in [0, 0.1) is 0 Å². The van der Waals surface area contributed by atoms with Crippen LogP contribution in [0.3, 0.4) is 0 Å². The average molecular weight is 292 g/mol. The lowest BCUT2D eigenvalue weighted by molar-refractivity contribution is 0.0728. The molecule has 116 valence electrons. The standard InChI is InChI=1S/C16H24N2O3/c1-2-12-5-7-13(8-6-12)15(10-19)18-16(20)17-14-4-3-9-21-11-14/h5-8,14-15,19H,2-4,9-11H2,1H3,(H2,17,18,20). The lowest BCUT2D eigenvalue weighted by atomic mass is 10.0. The molecule has 0 spiro atoms. The number of ether oxygens (including phenoxy) is 1. The molecule has 5 nitrogen and oxygen atoms in total. The second kappa shape index (κ2) is 8.00. The average Bonchev–Trinajstić information content (AvgIpc) is 2.53. The van der Waals surface area contributed by atoms with Crippen molar-refractivity contribution in [3.63, 3.8) is 0 Å². The van der Waals surface area contributed by atoms with Gasteiger partial charge < -0.3 is 20.5 Å². The minimum Gasteiger partial charge on any atom is -0.394 e. The molecular formula is C16H24N2O3. The summed E-state index contributed by atoms with van der Waals surface area (Å²) in [7, 11) is 0. The van der Waals surface area contributed by atoms with Gasteiger partial charge in [-0.25, -0.2) is 4.79 Å². The highest BCUT2D eigenvalue weighted by atomic mass is 16.5. The fraction of sp³-hybridized carbons (Fsp3) is 0.562. The highest BCUT2D eigenvalue weighted by molar-refractivity contribution is 5.74. The Morgan fingerprint density at radius 1 is 1.43 bits per heavy atom. The smallest absolute Gasteiger partial charge is 0.315 e. The number of benzene rings is 1. The Morgan fingerprint density at radius 3 is 2.76 bits per heavy atom. The maximum absolute atomic E-state index is 12.0. The highest BCUT2D eigenvalue weighted by Gasteiger charge is 2.18. The zero-order chi connectivity index (χ0) is 15.1. The maximum Gasteiger partial charge on any atom is 0.315 e. The first kappa shape index (κ1) is 15.8. The number of carbonyl (C=O) groups excluding carboxylic acids is 1. The number of nitrogens with one attached hydrogen (secondary N) is 2. The van der Waals surface area contributed by atoms with Crippen LogP contribution in [0.25, 0.3) is 0 Å². The third kappa shape index (κ3) is 4.72. The zero-order valence-corrected chi connectivity index (χ0v) is 12.5. The predicted octanol–water partition coefficient (Wildman–Crippen LogP) is 1.76. The first-order valence-corrected chi connectivity index (χ1v) is 7.57. The number of aliphatic hydroxyl groups excluding tert-OH is 1. The molecule has 0 aliphatic carbocycles. The van der Waals surface area contributed by atoms with Crippen LogP contribution in [0.5, 0.6) is 0 Å². The number of hydrogen-bond acceptors (Lipinski definition) is 3. The van der Waals surface area contributed by atoms with Crippen LogP contribution in [-0.4, -0.2) is 37.0 Å². The summed E-state index contributed by atoms with van der Waals surface area (Å²) < 4.78 is 5.33. The molecule has 0 aromatic heterocycles. The van der Waals surface area contributed by atoms with Crippen molar-refractivity contribution in [2.75, 3.05) is 19.8 Å². The third-order valence-corrected chi connectivity index (χ3v) is 3.77. The molecule has 0 saturated carbocycles. The molecule has 1 fully saturated rings. The van der Waals surface area contributed by atoms with Crippen LogP contribution in [0.2, 0.25) is 0 Å². The highest BCUT2D eigenvalue weighted by Crippen LogP contribution is 2.14. The maximum atomic E-state index is 12.0. The van der Waals surface area contributed by atoms with Gasteiger partial charge in [0.2, 0.25) is 0 Å². The topological polar surface area (TPSA) is 70.6 Å². The zero-order valence-electron chi connectivity index (χ0n) is 12.5.